The van der Waals surface area contributed by atoms with Crippen LogP contribution in [0.5, 0.6) is 0 Å². The van der Waals surface area contributed by atoms with Crippen molar-refractivity contribution in [3.8, 4) is 0 Å². The van der Waals surface area contributed by atoms with Gasteiger partial charge in [0.1, 0.15) is 11.6 Å². The van der Waals surface area contributed by atoms with Crippen molar-refractivity contribution in [2.24, 2.45) is 0 Å². The van der Waals surface area contributed by atoms with Crippen LogP contribution in [0, 0.1) is 5.82 Å². The Labute approximate surface area is 119 Å². The second-order valence-corrected chi connectivity index (χ2v) is 5.83. The number of fused-ring (bicyclic) bond motifs is 1. The first-order valence-corrected chi connectivity index (χ1v) is 7.58. The molecule has 2 atom stereocenters. The van der Waals surface area contributed by atoms with E-state index < -0.39 is 0 Å². The predicted molar refractivity (Wildman–Crippen MR) is 79.4 cm³/mol. The number of nitrogens with zero attached hydrogens (tertiary/aromatic N) is 2. The van der Waals surface area contributed by atoms with Crippen molar-refractivity contribution in [1.29, 1.82) is 0 Å². The zero-order chi connectivity index (χ0) is 14.1. The molecule has 108 valence electrons. The highest BCUT2D eigenvalue weighted by Gasteiger charge is 2.25. The molecule has 0 spiro atoms. The van der Waals surface area contributed by atoms with E-state index in [4.69, 9.17) is 4.98 Å². The average Bonchev–Trinajstić information content (AvgIpc) is 2.78. The fourth-order valence-corrected chi connectivity index (χ4v) is 3.25. The summed E-state index contributed by atoms with van der Waals surface area (Å²) >= 11 is 0. The van der Waals surface area contributed by atoms with Crippen LogP contribution in [0.1, 0.15) is 44.9 Å². The number of aryl methyl sites for hydroxylation is 1. The number of piperidine rings is 1. The molecular formula is C16H22FN3. The summed E-state index contributed by atoms with van der Waals surface area (Å²) in [5.74, 6) is 1.44. The van der Waals surface area contributed by atoms with E-state index >= 15 is 0 Å². The molecule has 1 N–H and O–H groups in total. The fourth-order valence-electron chi connectivity index (χ4n) is 3.25. The molecule has 1 aromatic heterocycles. The molecule has 1 fully saturated rings. The van der Waals surface area contributed by atoms with Crippen molar-refractivity contribution < 1.29 is 4.39 Å². The molecule has 1 saturated heterocycles. The Morgan fingerprint density at radius 3 is 3.05 bits per heavy atom. The number of hydrogen-bond acceptors (Lipinski definition) is 2. The normalized spacial score (nSPS) is 23.4. The van der Waals surface area contributed by atoms with Crippen LogP contribution in [0.25, 0.3) is 11.0 Å². The Bertz CT molecular complexity index is 605. The Hall–Kier alpha value is -1.42. The first-order valence-electron chi connectivity index (χ1n) is 7.58. The van der Waals surface area contributed by atoms with Gasteiger partial charge in [-0.3, -0.25) is 0 Å². The Balaban J connectivity index is 2.06. The van der Waals surface area contributed by atoms with Gasteiger partial charge in [-0.05, 0) is 50.9 Å². The van der Waals surface area contributed by atoms with Crippen LogP contribution in [-0.2, 0) is 6.54 Å². The van der Waals surface area contributed by atoms with Gasteiger partial charge in [-0.1, -0.05) is 6.92 Å². The van der Waals surface area contributed by atoms with E-state index in [1.54, 1.807) is 12.1 Å². The van der Waals surface area contributed by atoms with Crippen LogP contribution < -0.4 is 5.32 Å². The molecule has 2 aromatic rings. The fraction of sp³-hybridized carbons (Fsp3) is 0.562. The Kier molecular flexibility index (Phi) is 3.74. The lowest BCUT2D eigenvalue weighted by Gasteiger charge is -2.28. The SMILES string of the molecule is CCCn1c(C2CCNC(C)C2)nc2ccc(F)cc21. The second-order valence-electron chi connectivity index (χ2n) is 5.83. The molecule has 1 aromatic carbocycles. The van der Waals surface area contributed by atoms with E-state index in [9.17, 15) is 4.39 Å². The van der Waals surface area contributed by atoms with Crippen molar-refractivity contribution in [1.82, 2.24) is 14.9 Å². The zero-order valence-corrected chi connectivity index (χ0v) is 12.2. The van der Waals surface area contributed by atoms with Crippen LogP contribution in [0.4, 0.5) is 4.39 Å². The third kappa shape index (κ3) is 2.44. The van der Waals surface area contributed by atoms with Crippen molar-refractivity contribution in [3.63, 3.8) is 0 Å². The lowest BCUT2D eigenvalue weighted by Crippen LogP contribution is -2.35. The van der Waals surface area contributed by atoms with Gasteiger partial charge >= 0.3 is 0 Å². The molecule has 3 nitrogen and oxygen atoms in total. The smallest absolute Gasteiger partial charge is 0.125 e. The highest BCUT2D eigenvalue weighted by molar-refractivity contribution is 5.76. The molecule has 20 heavy (non-hydrogen) atoms. The van der Waals surface area contributed by atoms with Crippen molar-refractivity contribution in [2.45, 2.75) is 51.6 Å². The first-order chi connectivity index (χ1) is 9.69. The largest absolute Gasteiger partial charge is 0.328 e. The first kappa shape index (κ1) is 13.6. The monoisotopic (exact) mass is 275 g/mol. The van der Waals surface area contributed by atoms with E-state index in [0.29, 0.717) is 12.0 Å². The van der Waals surface area contributed by atoms with Gasteiger partial charge in [-0.25, -0.2) is 9.37 Å². The topological polar surface area (TPSA) is 29.9 Å². The summed E-state index contributed by atoms with van der Waals surface area (Å²) in [5, 5.41) is 3.48. The number of imidazole rings is 1. The molecule has 1 aliphatic heterocycles. The summed E-state index contributed by atoms with van der Waals surface area (Å²) in [4.78, 5) is 4.80. The van der Waals surface area contributed by atoms with Gasteiger partial charge in [-0.15, -0.1) is 0 Å². The highest BCUT2D eigenvalue weighted by atomic mass is 19.1. The minimum absolute atomic E-state index is 0.181. The molecule has 1 aliphatic rings. The standard InChI is InChI=1S/C16H22FN3/c1-3-8-20-15-10-13(17)4-5-14(15)19-16(20)12-6-7-18-11(2)9-12/h4-5,10-12,18H,3,6-9H2,1-2H3. The minimum Gasteiger partial charge on any atom is -0.328 e. The summed E-state index contributed by atoms with van der Waals surface area (Å²) in [6.45, 7) is 6.32. The highest BCUT2D eigenvalue weighted by Crippen LogP contribution is 2.30. The van der Waals surface area contributed by atoms with Crippen LogP contribution in [-0.4, -0.2) is 22.1 Å². The number of aromatic nitrogens is 2. The van der Waals surface area contributed by atoms with Gasteiger partial charge in [0, 0.05) is 18.5 Å². The molecule has 2 heterocycles. The van der Waals surface area contributed by atoms with E-state index in [0.717, 1.165) is 49.2 Å². The molecule has 0 aliphatic carbocycles. The second kappa shape index (κ2) is 5.52. The number of rotatable bonds is 3. The van der Waals surface area contributed by atoms with E-state index in [-0.39, 0.29) is 5.82 Å². The summed E-state index contributed by atoms with van der Waals surface area (Å²) in [7, 11) is 0. The molecular weight excluding hydrogens is 253 g/mol. The van der Waals surface area contributed by atoms with Gasteiger partial charge in [0.05, 0.1) is 11.0 Å². The van der Waals surface area contributed by atoms with Gasteiger partial charge in [0.2, 0.25) is 0 Å². The number of nitrogens with one attached hydrogen (secondary N) is 1. The molecule has 4 heteroatoms. The van der Waals surface area contributed by atoms with Gasteiger partial charge in [-0.2, -0.15) is 0 Å². The van der Waals surface area contributed by atoms with Gasteiger partial charge < -0.3 is 9.88 Å². The zero-order valence-electron chi connectivity index (χ0n) is 12.2. The maximum atomic E-state index is 13.5. The molecule has 2 unspecified atom stereocenters. The lowest BCUT2D eigenvalue weighted by molar-refractivity contribution is 0.364. The van der Waals surface area contributed by atoms with Crippen LogP contribution in [0.3, 0.4) is 0 Å². The number of hydrogen-bond donors (Lipinski definition) is 1. The molecule has 3 rings (SSSR count). The van der Waals surface area contributed by atoms with Crippen molar-refractivity contribution in [2.75, 3.05) is 6.54 Å². The predicted octanol–water partition coefficient (Wildman–Crippen LogP) is 3.44. The molecule has 0 bridgehead atoms. The summed E-state index contributed by atoms with van der Waals surface area (Å²) in [6.07, 6.45) is 3.25. The third-order valence-electron chi connectivity index (χ3n) is 4.18. The minimum atomic E-state index is -0.181. The lowest BCUT2D eigenvalue weighted by atomic mass is 9.92. The Morgan fingerprint density at radius 1 is 1.45 bits per heavy atom. The third-order valence-corrected chi connectivity index (χ3v) is 4.18. The number of halogens is 1. The van der Waals surface area contributed by atoms with E-state index in [1.165, 1.54) is 6.07 Å². The summed E-state index contributed by atoms with van der Waals surface area (Å²) < 4.78 is 15.7. The van der Waals surface area contributed by atoms with Crippen LogP contribution >= 0.6 is 0 Å². The quantitative estimate of drug-likeness (QED) is 0.930. The number of benzene rings is 1. The molecule has 0 amide bonds. The molecule has 0 radical (unpaired) electrons. The maximum absolute atomic E-state index is 13.5. The van der Waals surface area contributed by atoms with E-state index in [1.807, 2.05) is 0 Å². The summed E-state index contributed by atoms with van der Waals surface area (Å²) in [6, 6.07) is 5.44. The maximum Gasteiger partial charge on any atom is 0.125 e. The van der Waals surface area contributed by atoms with E-state index in [2.05, 4.69) is 23.7 Å². The van der Waals surface area contributed by atoms with Gasteiger partial charge in [0.25, 0.3) is 0 Å². The van der Waals surface area contributed by atoms with Crippen LogP contribution in [0.2, 0.25) is 0 Å². The van der Waals surface area contributed by atoms with Gasteiger partial charge in [0.15, 0.2) is 0 Å². The van der Waals surface area contributed by atoms with Crippen molar-refractivity contribution in [3.05, 3.63) is 29.8 Å². The van der Waals surface area contributed by atoms with Crippen molar-refractivity contribution >= 4 is 11.0 Å². The van der Waals surface area contributed by atoms with Crippen LogP contribution in [0.15, 0.2) is 18.2 Å². The molecule has 0 saturated carbocycles. The average molecular weight is 275 g/mol. The summed E-state index contributed by atoms with van der Waals surface area (Å²) in [5.41, 5.74) is 1.86. The Morgan fingerprint density at radius 2 is 2.30 bits per heavy atom.